The van der Waals surface area contributed by atoms with Crippen LogP contribution in [0.5, 0.6) is 0 Å². The lowest BCUT2D eigenvalue weighted by Crippen LogP contribution is -2.54. The van der Waals surface area contributed by atoms with Crippen LogP contribution in [0.4, 0.5) is 4.39 Å². The highest BCUT2D eigenvalue weighted by Crippen LogP contribution is 2.12. The van der Waals surface area contributed by atoms with Gasteiger partial charge < -0.3 is 10.2 Å². The van der Waals surface area contributed by atoms with Gasteiger partial charge in [-0.05, 0) is 32.6 Å². The van der Waals surface area contributed by atoms with Crippen LogP contribution in [-0.2, 0) is 0 Å². The summed E-state index contributed by atoms with van der Waals surface area (Å²) in [7, 11) is 4.12. The first-order valence-electron chi connectivity index (χ1n) is 6.91. The minimum absolute atomic E-state index is 0.122. The van der Waals surface area contributed by atoms with Crippen molar-refractivity contribution in [1.82, 2.24) is 15.1 Å². The third-order valence-corrected chi connectivity index (χ3v) is 3.91. The van der Waals surface area contributed by atoms with E-state index >= 15 is 0 Å². The lowest BCUT2D eigenvalue weighted by atomic mass is 10.1. The van der Waals surface area contributed by atoms with Crippen LogP contribution in [0.3, 0.4) is 0 Å². The van der Waals surface area contributed by atoms with Gasteiger partial charge in [-0.25, -0.2) is 4.39 Å². The van der Waals surface area contributed by atoms with Crippen molar-refractivity contribution >= 4 is 5.91 Å². The number of nitrogens with one attached hydrogen (secondary N) is 1. The van der Waals surface area contributed by atoms with Gasteiger partial charge in [0, 0.05) is 32.2 Å². The van der Waals surface area contributed by atoms with Gasteiger partial charge >= 0.3 is 0 Å². The van der Waals surface area contributed by atoms with Crippen molar-refractivity contribution in [3.63, 3.8) is 0 Å². The van der Waals surface area contributed by atoms with Crippen LogP contribution in [0.2, 0.25) is 0 Å². The fraction of sp³-hybridized carbons (Fsp3) is 0.533. The van der Waals surface area contributed by atoms with Gasteiger partial charge in [-0.15, -0.1) is 0 Å². The number of benzene rings is 1. The summed E-state index contributed by atoms with van der Waals surface area (Å²) in [5.74, 6) is -0.771. The smallest absolute Gasteiger partial charge is 0.254 e. The molecule has 1 fully saturated rings. The van der Waals surface area contributed by atoms with Gasteiger partial charge in [-0.2, -0.15) is 0 Å². The minimum Gasteiger partial charge on any atom is -0.350 e. The Bertz CT molecular complexity index is 492. The van der Waals surface area contributed by atoms with Crippen molar-refractivity contribution < 1.29 is 9.18 Å². The van der Waals surface area contributed by atoms with E-state index in [-0.39, 0.29) is 17.5 Å². The molecule has 0 aliphatic carbocycles. The second-order valence-corrected chi connectivity index (χ2v) is 5.54. The monoisotopic (exact) mass is 279 g/mol. The zero-order chi connectivity index (χ0) is 14.7. The van der Waals surface area contributed by atoms with E-state index in [0.29, 0.717) is 12.1 Å². The van der Waals surface area contributed by atoms with Crippen molar-refractivity contribution in [2.75, 3.05) is 40.3 Å². The number of nitrogens with zero attached hydrogens (tertiary/aromatic N) is 2. The largest absolute Gasteiger partial charge is 0.350 e. The van der Waals surface area contributed by atoms with Crippen molar-refractivity contribution in [2.24, 2.45) is 0 Å². The molecule has 1 N–H and O–H groups in total. The lowest BCUT2D eigenvalue weighted by molar-refractivity contribution is 0.0877. The molecule has 0 spiro atoms. The molecule has 1 aliphatic heterocycles. The Morgan fingerprint density at radius 3 is 2.90 bits per heavy atom. The topological polar surface area (TPSA) is 35.6 Å². The summed E-state index contributed by atoms with van der Waals surface area (Å²) < 4.78 is 13.9. The SMILES string of the molecule is Cc1cccc(C(=O)NCC2CN(C)CCN2C)c1F. The Kier molecular flexibility index (Phi) is 4.73. The molecule has 0 radical (unpaired) electrons. The number of carbonyl (C=O) groups excluding carboxylic acids is 1. The highest BCUT2D eigenvalue weighted by molar-refractivity contribution is 5.94. The van der Waals surface area contributed by atoms with Crippen LogP contribution in [0.25, 0.3) is 0 Å². The van der Waals surface area contributed by atoms with Gasteiger partial charge in [0.1, 0.15) is 5.82 Å². The molecule has 0 bridgehead atoms. The highest BCUT2D eigenvalue weighted by atomic mass is 19.1. The molecule has 20 heavy (non-hydrogen) atoms. The summed E-state index contributed by atoms with van der Waals surface area (Å²) in [5.41, 5.74) is 0.615. The number of rotatable bonds is 3. The molecular formula is C15H22FN3O. The number of hydrogen-bond acceptors (Lipinski definition) is 3. The van der Waals surface area contributed by atoms with Crippen LogP contribution in [0.15, 0.2) is 18.2 Å². The zero-order valence-electron chi connectivity index (χ0n) is 12.3. The molecule has 2 rings (SSSR count). The molecule has 1 aromatic carbocycles. The van der Waals surface area contributed by atoms with E-state index < -0.39 is 5.82 Å². The Morgan fingerprint density at radius 1 is 1.40 bits per heavy atom. The lowest BCUT2D eigenvalue weighted by Gasteiger charge is -2.37. The first-order chi connectivity index (χ1) is 9.49. The maximum Gasteiger partial charge on any atom is 0.254 e. The number of aryl methyl sites for hydroxylation is 1. The van der Waals surface area contributed by atoms with Gasteiger partial charge in [0.2, 0.25) is 0 Å². The summed E-state index contributed by atoms with van der Waals surface area (Å²) in [5, 5.41) is 2.84. The normalized spacial score (nSPS) is 20.9. The van der Waals surface area contributed by atoms with Crippen molar-refractivity contribution in [2.45, 2.75) is 13.0 Å². The van der Waals surface area contributed by atoms with Gasteiger partial charge in [0.25, 0.3) is 5.91 Å². The maximum atomic E-state index is 13.9. The van der Waals surface area contributed by atoms with Crippen LogP contribution >= 0.6 is 0 Å². The number of likely N-dealkylation sites (N-methyl/N-ethyl adjacent to an activating group) is 2. The molecule has 0 saturated carbocycles. The van der Waals surface area contributed by atoms with E-state index in [1.165, 1.54) is 6.07 Å². The van der Waals surface area contributed by atoms with Gasteiger partial charge in [-0.3, -0.25) is 9.69 Å². The number of carbonyl (C=O) groups is 1. The molecule has 1 atom stereocenters. The molecule has 1 aliphatic rings. The standard InChI is InChI=1S/C15H22FN3O/c1-11-5-4-6-13(14(11)16)15(20)17-9-12-10-18(2)7-8-19(12)3/h4-6,12H,7-10H2,1-3H3,(H,17,20). The number of hydrogen-bond donors (Lipinski definition) is 1. The average molecular weight is 279 g/mol. The minimum atomic E-state index is -0.431. The third kappa shape index (κ3) is 3.35. The quantitative estimate of drug-likeness (QED) is 0.900. The molecule has 1 amide bonds. The number of amides is 1. The van der Waals surface area contributed by atoms with Crippen molar-refractivity contribution in [3.05, 3.63) is 35.1 Å². The fourth-order valence-electron chi connectivity index (χ4n) is 2.45. The predicted octanol–water partition coefficient (Wildman–Crippen LogP) is 1.11. The van der Waals surface area contributed by atoms with Crippen molar-refractivity contribution in [1.29, 1.82) is 0 Å². The molecule has 1 saturated heterocycles. The van der Waals surface area contributed by atoms with Gasteiger partial charge in [-0.1, -0.05) is 12.1 Å². The fourth-order valence-corrected chi connectivity index (χ4v) is 2.45. The predicted molar refractivity (Wildman–Crippen MR) is 77.4 cm³/mol. The molecule has 5 heteroatoms. The van der Waals surface area contributed by atoms with Crippen LogP contribution in [0.1, 0.15) is 15.9 Å². The summed E-state index contributed by atoms with van der Waals surface area (Å²) in [6, 6.07) is 5.16. The van der Waals surface area contributed by atoms with E-state index in [9.17, 15) is 9.18 Å². The Hall–Kier alpha value is -1.46. The molecule has 1 aromatic rings. The summed E-state index contributed by atoms with van der Waals surface area (Å²) in [4.78, 5) is 16.5. The highest BCUT2D eigenvalue weighted by Gasteiger charge is 2.23. The Balaban J connectivity index is 1.96. The summed E-state index contributed by atoms with van der Waals surface area (Å²) >= 11 is 0. The second kappa shape index (κ2) is 6.33. The van der Waals surface area contributed by atoms with Crippen LogP contribution in [0, 0.1) is 12.7 Å². The molecular weight excluding hydrogens is 257 g/mol. The van der Waals surface area contributed by atoms with Crippen molar-refractivity contribution in [3.8, 4) is 0 Å². The third-order valence-electron chi connectivity index (χ3n) is 3.91. The first kappa shape index (κ1) is 14.9. The molecule has 110 valence electrons. The summed E-state index contributed by atoms with van der Waals surface area (Å²) in [6.07, 6.45) is 0. The molecule has 1 heterocycles. The molecule has 1 unspecified atom stereocenters. The average Bonchev–Trinajstić information content (AvgIpc) is 2.42. The summed E-state index contributed by atoms with van der Waals surface area (Å²) in [6.45, 7) is 5.12. The zero-order valence-corrected chi connectivity index (χ0v) is 12.3. The van der Waals surface area contributed by atoms with E-state index in [0.717, 1.165) is 19.6 Å². The van der Waals surface area contributed by atoms with E-state index in [1.54, 1.807) is 19.1 Å². The van der Waals surface area contributed by atoms with Gasteiger partial charge in [0.05, 0.1) is 5.56 Å². The Morgan fingerprint density at radius 2 is 2.15 bits per heavy atom. The first-order valence-corrected chi connectivity index (χ1v) is 6.91. The van der Waals surface area contributed by atoms with Crippen LogP contribution in [-0.4, -0.2) is 62.0 Å². The van der Waals surface area contributed by atoms with E-state index in [1.807, 2.05) is 0 Å². The van der Waals surface area contributed by atoms with E-state index in [4.69, 9.17) is 0 Å². The van der Waals surface area contributed by atoms with E-state index in [2.05, 4.69) is 29.2 Å². The maximum absolute atomic E-state index is 13.9. The molecule has 4 nitrogen and oxygen atoms in total. The number of piperazine rings is 1. The Labute approximate surface area is 119 Å². The molecule has 0 aromatic heterocycles. The van der Waals surface area contributed by atoms with Crippen LogP contribution < -0.4 is 5.32 Å². The van der Waals surface area contributed by atoms with Gasteiger partial charge in [0.15, 0.2) is 0 Å². The second-order valence-electron chi connectivity index (χ2n) is 5.54. The number of halogens is 1.